The van der Waals surface area contributed by atoms with Crippen LogP contribution < -0.4 is 10.1 Å². The quantitative estimate of drug-likeness (QED) is 0.843. The molecule has 1 heterocycles. The number of hydrogen-bond acceptors (Lipinski definition) is 3. The van der Waals surface area contributed by atoms with E-state index in [1.165, 1.54) is 44.1 Å². The maximum Gasteiger partial charge on any atom is 0.223 e. The van der Waals surface area contributed by atoms with Gasteiger partial charge in [0.25, 0.3) is 0 Å². The summed E-state index contributed by atoms with van der Waals surface area (Å²) in [5.74, 6) is 2.92. The summed E-state index contributed by atoms with van der Waals surface area (Å²) in [4.78, 5) is 15.4. The van der Waals surface area contributed by atoms with Crippen LogP contribution in [-0.2, 0) is 4.79 Å². The van der Waals surface area contributed by atoms with Gasteiger partial charge in [0.15, 0.2) is 0 Å². The number of nitrogens with zero attached hydrogens (tertiary/aromatic N) is 1. The average molecular weight is 357 g/mol. The monoisotopic (exact) mass is 356 g/mol. The average Bonchev–Trinajstić information content (AvgIpc) is 3.33. The predicted molar refractivity (Wildman–Crippen MR) is 103 cm³/mol. The Bertz CT molecular complexity index is 626. The van der Waals surface area contributed by atoms with Gasteiger partial charge in [-0.05, 0) is 63.1 Å². The minimum Gasteiger partial charge on any atom is -0.496 e. The van der Waals surface area contributed by atoms with Gasteiger partial charge in [-0.25, -0.2) is 0 Å². The second kappa shape index (κ2) is 7.99. The van der Waals surface area contributed by atoms with Crippen LogP contribution in [0.5, 0.6) is 5.75 Å². The van der Waals surface area contributed by atoms with Crippen LogP contribution in [0, 0.1) is 17.8 Å². The third-order valence-electron chi connectivity index (χ3n) is 6.87. The number of likely N-dealkylation sites (tertiary alicyclic amines) is 1. The number of carbonyl (C=O) groups is 1. The fraction of sp³-hybridized carbons (Fsp3) is 0.682. The van der Waals surface area contributed by atoms with E-state index in [9.17, 15) is 4.79 Å². The molecule has 0 aromatic heterocycles. The van der Waals surface area contributed by atoms with Crippen molar-refractivity contribution in [2.24, 2.45) is 17.8 Å². The lowest BCUT2D eigenvalue weighted by atomic mass is 9.88. The van der Waals surface area contributed by atoms with Crippen LogP contribution in [0.1, 0.15) is 56.6 Å². The van der Waals surface area contributed by atoms with Crippen molar-refractivity contribution in [3.63, 3.8) is 0 Å². The van der Waals surface area contributed by atoms with E-state index in [0.29, 0.717) is 12.5 Å². The normalized spacial score (nSPS) is 29.5. The molecule has 1 aromatic rings. The number of benzene rings is 1. The predicted octanol–water partition coefficient (Wildman–Crippen LogP) is 3.77. The SMILES string of the molecule is COc1ccccc1[C@H](CNC(=O)[C@H]1C[C@@H]2CC[C@@H]1C2)N1CCCCC1. The smallest absolute Gasteiger partial charge is 0.223 e. The van der Waals surface area contributed by atoms with Gasteiger partial charge in [-0.15, -0.1) is 0 Å². The molecular weight excluding hydrogens is 324 g/mol. The van der Waals surface area contributed by atoms with E-state index in [0.717, 1.165) is 31.2 Å². The molecule has 3 aliphatic rings. The van der Waals surface area contributed by atoms with E-state index in [4.69, 9.17) is 4.74 Å². The Morgan fingerprint density at radius 2 is 2.00 bits per heavy atom. The zero-order valence-corrected chi connectivity index (χ0v) is 16.0. The van der Waals surface area contributed by atoms with Gasteiger partial charge in [0, 0.05) is 18.0 Å². The van der Waals surface area contributed by atoms with Crippen molar-refractivity contribution in [3.8, 4) is 5.75 Å². The zero-order valence-electron chi connectivity index (χ0n) is 16.0. The first-order chi connectivity index (χ1) is 12.8. The standard InChI is InChI=1S/C22H32N2O2/c1-26-21-8-4-3-7-18(21)20(24-11-5-2-6-12-24)15-23-22(25)19-14-16-9-10-17(19)13-16/h3-4,7-8,16-17,19-20H,2,5-6,9-15H2,1H3,(H,23,25)/t16-,17-,19+,20+/m1/s1. The van der Waals surface area contributed by atoms with Crippen molar-refractivity contribution in [1.29, 1.82) is 0 Å². The first-order valence-corrected chi connectivity index (χ1v) is 10.4. The van der Waals surface area contributed by atoms with Crippen molar-refractivity contribution in [2.45, 2.75) is 51.0 Å². The van der Waals surface area contributed by atoms with Gasteiger partial charge in [0.1, 0.15) is 5.75 Å². The van der Waals surface area contributed by atoms with Crippen LogP contribution >= 0.6 is 0 Å². The molecule has 142 valence electrons. The number of fused-ring (bicyclic) bond motifs is 2. The molecule has 1 amide bonds. The summed E-state index contributed by atoms with van der Waals surface area (Å²) in [6.45, 7) is 2.90. The fourth-order valence-electron chi connectivity index (χ4n) is 5.50. The zero-order chi connectivity index (χ0) is 17.9. The maximum absolute atomic E-state index is 12.8. The number of para-hydroxylation sites is 1. The molecule has 4 nitrogen and oxygen atoms in total. The van der Waals surface area contributed by atoms with Gasteiger partial charge in [-0.1, -0.05) is 31.0 Å². The van der Waals surface area contributed by atoms with E-state index in [1.807, 2.05) is 12.1 Å². The molecule has 1 N–H and O–H groups in total. The van der Waals surface area contributed by atoms with E-state index < -0.39 is 0 Å². The van der Waals surface area contributed by atoms with Gasteiger partial charge in [0.2, 0.25) is 5.91 Å². The van der Waals surface area contributed by atoms with E-state index in [-0.39, 0.29) is 17.9 Å². The summed E-state index contributed by atoms with van der Waals surface area (Å²) in [5, 5.41) is 3.32. The first-order valence-electron chi connectivity index (χ1n) is 10.4. The van der Waals surface area contributed by atoms with Crippen LogP contribution in [0.3, 0.4) is 0 Å². The molecule has 4 heteroatoms. The molecule has 0 radical (unpaired) electrons. The molecule has 2 saturated carbocycles. The van der Waals surface area contributed by atoms with Crippen molar-refractivity contribution in [2.75, 3.05) is 26.7 Å². The van der Waals surface area contributed by atoms with Crippen molar-refractivity contribution in [3.05, 3.63) is 29.8 Å². The topological polar surface area (TPSA) is 41.6 Å². The molecule has 26 heavy (non-hydrogen) atoms. The molecule has 1 aromatic carbocycles. The summed E-state index contributed by atoms with van der Waals surface area (Å²) in [6, 6.07) is 8.48. The highest BCUT2D eigenvalue weighted by atomic mass is 16.5. The molecule has 2 bridgehead atoms. The second-order valence-corrected chi connectivity index (χ2v) is 8.38. The fourth-order valence-corrected chi connectivity index (χ4v) is 5.50. The molecule has 4 atom stereocenters. The molecular formula is C22H32N2O2. The number of ether oxygens (including phenoxy) is 1. The highest BCUT2D eigenvalue weighted by molar-refractivity contribution is 5.79. The van der Waals surface area contributed by atoms with E-state index >= 15 is 0 Å². The van der Waals surface area contributed by atoms with Crippen LogP contribution in [0.15, 0.2) is 24.3 Å². The second-order valence-electron chi connectivity index (χ2n) is 8.38. The first kappa shape index (κ1) is 17.8. The number of piperidine rings is 1. The number of methoxy groups -OCH3 is 1. The van der Waals surface area contributed by atoms with Crippen LogP contribution in [0.2, 0.25) is 0 Å². The largest absolute Gasteiger partial charge is 0.496 e. The summed E-state index contributed by atoms with van der Waals surface area (Å²) in [6.07, 6.45) is 8.78. The lowest BCUT2D eigenvalue weighted by Crippen LogP contribution is -2.43. The third kappa shape index (κ3) is 3.62. The van der Waals surface area contributed by atoms with Gasteiger partial charge in [-0.2, -0.15) is 0 Å². The Morgan fingerprint density at radius 1 is 1.19 bits per heavy atom. The summed E-state index contributed by atoms with van der Waals surface area (Å²) in [7, 11) is 1.74. The maximum atomic E-state index is 12.8. The number of rotatable bonds is 6. The minimum absolute atomic E-state index is 0.203. The van der Waals surface area contributed by atoms with Crippen molar-refractivity contribution >= 4 is 5.91 Å². The molecule has 2 aliphatic carbocycles. The molecule has 0 unspecified atom stereocenters. The molecule has 0 spiro atoms. The number of nitrogens with one attached hydrogen (secondary N) is 1. The van der Waals surface area contributed by atoms with E-state index in [2.05, 4.69) is 22.3 Å². The van der Waals surface area contributed by atoms with Gasteiger partial charge in [-0.3, -0.25) is 9.69 Å². The molecule has 1 aliphatic heterocycles. The third-order valence-corrected chi connectivity index (χ3v) is 6.87. The lowest BCUT2D eigenvalue weighted by molar-refractivity contribution is -0.126. The Hall–Kier alpha value is -1.55. The molecule has 4 rings (SSSR count). The Balaban J connectivity index is 1.47. The summed E-state index contributed by atoms with van der Waals surface area (Å²) in [5.41, 5.74) is 1.20. The van der Waals surface area contributed by atoms with Crippen molar-refractivity contribution in [1.82, 2.24) is 10.2 Å². The minimum atomic E-state index is 0.203. The van der Waals surface area contributed by atoms with E-state index in [1.54, 1.807) is 7.11 Å². The van der Waals surface area contributed by atoms with Gasteiger partial charge >= 0.3 is 0 Å². The number of amides is 1. The Kier molecular flexibility index (Phi) is 5.49. The summed E-state index contributed by atoms with van der Waals surface area (Å²) >= 11 is 0. The van der Waals surface area contributed by atoms with Crippen LogP contribution in [-0.4, -0.2) is 37.6 Å². The Morgan fingerprint density at radius 3 is 2.69 bits per heavy atom. The molecule has 1 saturated heterocycles. The van der Waals surface area contributed by atoms with Crippen molar-refractivity contribution < 1.29 is 9.53 Å². The van der Waals surface area contributed by atoms with Gasteiger partial charge < -0.3 is 10.1 Å². The van der Waals surface area contributed by atoms with Crippen LogP contribution in [0.25, 0.3) is 0 Å². The number of hydrogen-bond donors (Lipinski definition) is 1. The van der Waals surface area contributed by atoms with Crippen LogP contribution in [0.4, 0.5) is 0 Å². The van der Waals surface area contributed by atoms with Gasteiger partial charge in [0.05, 0.1) is 13.2 Å². The number of carbonyl (C=O) groups excluding carboxylic acids is 1. The highest BCUT2D eigenvalue weighted by Crippen LogP contribution is 2.48. The molecule has 3 fully saturated rings. The summed E-state index contributed by atoms with van der Waals surface area (Å²) < 4.78 is 5.62. The lowest BCUT2D eigenvalue weighted by Gasteiger charge is -2.36. The highest BCUT2D eigenvalue weighted by Gasteiger charge is 2.43. The Labute approximate surface area is 157 Å².